The summed E-state index contributed by atoms with van der Waals surface area (Å²) in [6, 6.07) is 0. The third kappa shape index (κ3) is 5.35. The predicted octanol–water partition coefficient (Wildman–Crippen LogP) is 0.310. The van der Waals surface area contributed by atoms with E-state index in [0.29, 0.717) is 0 Å². The first kappa shape index (κ1) is 14.7. The summed E-state index contributed by atoms with van der Waals surface area (Å²) in [5, 5.41) is 0. The van der Waals surface area contributed by atoms with Crippen molar-refractivity contribution in [1.29, 1.82) is 0 Å². The van der Waals surface area contributed by atoms with Crippen LogP contribution in [0.2, 0.25) is 0 Å². The highest BCUT2D eigenvalue weighted by Crippen LogP contribution is 2.06. The normalized spacial score (nSPS) is 18.5. The van der Waals surface area contributed by atoms with Crippen LogP contribution in [0.4, 0.5) is 0 Å². The number of hydrogen-bond donors (Lipinski definition) is 1. The molecule has 1 amide bonds. The van der Waals surface area contributed by atoms with Crippen molar-refractivity contribution in [1.82, 2.24) is 9.80 Å². The Morgan fingerprint density at radius 1 is 1.27 bits per heavy atom. The second-order valence-electron chi connectivity index (χ2n) is 4.77. The lowest BCUT2D eigenvalue weighted by atomic mass is 10.1. The van der Waals surface area contributed by atoms with Crippen molar-refractivity contribution < 1.29 is 4.79 Å². The van der Waals surface area contributed by atoms with Crippen molar-refractivity contribution in [2.45, 2.75) is 26.3 Å². The van der Waals surface area contributed by atoms with Gasteiger partial charge in [0.1, 0.15) is 0 Å². The van der Waals surface area contributed by atoms with Gasteiger partial charge in [0.2, 0.25) is 5.91 Å². The maximum Gasteiger partial charge on any atom is 0.219 e. The molecular formula is C10H22ClN3O. The number of nitrogens with zero attached hydrogens (tertiary/aromatic N) is 2. The molecule has 15 heavy (non-hydrogen) atoms. The molecule has 0 radical (unpaired) electrons. The smallest absolute Gasteiger partial charge is 0.219 e. The van der Waals surface area contributed by atoms with Gasteiger partial charge in [0, 0.05) is 45.2 Å². The van der Waals surface area contributed by atoms with Crippen molar-refractivity contribution in [2.24, 2.45) is 5.73 Å². The first-order valence-electron chi connectivity index (χ1n) is 5.15. The minimum Gasteiger partial charge on any atom is -0.340 e. The average molecular weight is 236 g/mol. The molecule has 5 heteroatoms. The summed E-state index contributed by atoms with van der Waals surface area (Å²) < 4.78 is 0. The van der Waals surface area contributed by atoms with Crippen molar-refractivity contribution in [2.75, 3.05) is 32.7 Å². The van der Waals surface area contributed by atoms with E-state index in [1.165, 1.54) is 0 Å². The summed E-state index contributed by atoms with van der Waals surface area (Å²) in [5.41, 5.74) is 5.80. The van der Waals surface area contributed by atoms with Gasteiger partial charge in [-0.25, -0.2) is 0 Å². The molecule has 0 bridgehead atoms. The zero-order chi connectivity index (χ0) is 10.8. The van der Waals surface area contributed by atoms with Gasteiger partial charge in [0.25, 0.3) is 0 Å². The first-order chi connectivity index (χ1) is 6.38. The lowest BCUT2D eigenvalue weighted by Crippen LogP contribution is -2.53. The van der Waals surface area contributed by atoms with Crippen LogP contribution in [0, 0.1) is 0 Å². The Morgan fingerprint density at radius 3 is 2.07 bits per heavy atom. The maximum absolute atomic E-state index is 11.1. The zero-order valence-corrected chi connectivity index (χ0v) is 10.6. The van der Waals surface area contributed by atoms with E-state index in [9.17, 15) is 4.79 Å². The fourth-order valence-corrected chi connectivity index (χ4v) is 1.80. The van der Waals surface area contributed by atoms with Gasteiger partial charge < -0.3 is 10.6 Å². The second-order valence-corrected chi connectivity index (χ2v) is 4.77. The summed E-state index contributed by atoms with van der Waals surface area (Å²) >= 11 is 0. The molecule has 0 aromatic heterocycles. The highest BCUT2D eigenvalue weighted by atomic mass is 35.5. The van der Waals surface area contributed by atoms with E-state index in [1.807, 2.05) is 18.7 Å². The van der Waals surface area contributed by atoms with E-state index in [0.717, 1.165) is 32.7 Å². The third-order valence-corrected chi connectivity index (χ3v) is 2.45. The van der Waals surface area contributed by atoms with Crippen molar-refractivity contribution in [3.05, 3.63) is 0 Å². The van der Waals surface area contributed by atoms with Gasteiger partial charge >= 0.3 is 0 Å². The summed E-state index contributed by atoms with van der Waals surface area (Å²) in [5.74, 6) is 0.177. The molecule has 0 atom stereocenters. The van der Waals surface area contributed by atoms with Gasteiger partial charge in [0.05, 0.1) is 0 Å². The SMILES string of the molecule is CC(=O)N1CCN(CC(C)(C)N)CC1.Cl. The Bertz CT molecular complexity index is 207. The minimum atomic E-state index is -0.140. The number of carbonyl (C=O) groups is 1. The third-order valence-electron chi connectivity index (χ3n) is 2.45. The number of nitrogens with two attached hydrogens (primary N) is 1. The van der Waals surface area contributed by atoms with Crippen LogP contribution in [-0.2, 0) is 4.79 Å². The van der Waals surface area contributed by atoms with Crippen molar-refractivity contribution in [3.63, 3.8) is 0 Å². The lowest BCUT2D eigenvalue weighted by Gasteiger charge is -2.37. The Hall–Kier alpha value is -0.320. The van der Waals surface area contributed by atoms with Gasteiger partial charge in [-0.1, -0.05) is 0 Å². The van der Waals surface area contributed by atoms with E-state index in [2.05, 4.69) is 4.90 Å². The Morgan fingerprint density at radius 2 is 1.73 bits per heavy atom. The molecule has 1 rings (SSSR count). The fraction of sp³-hybridized carbons (Fsp3) is 0.900. The van der Waals surface area contributed by atoms with Gasteiger partial charge in [-0.3, -0.25) is 9.69 Å². The summed E-state index contributed by atoms with van der Waals surface area (Å²) in [4.78, 5) is 15.3. The summed E-state index contributed by atoms with van der Waals surface area (Å²) in [6.07, 6.45) is 0. The summed E-state index contributed by atoms with van der Waals surface area (Å²) in [7, 11) is 0. The molecule has 2 N–H and O–H groups in total. The molecule has 0 spiro atoms. The van der Waals surface area contributed by atoms with Crippen LogP contribution in [0.3, 0.4) is 0 Å². The van der Waals surface area contributed by atoms with Crippen LogP contribution in [0.15, 0.2) is 0 Å². The Balaban J connectivity index is 0.00000196. The van der Waals surface area contributed by atoms with Crippen LogP contribution >= 0.6 is 12.4 Å². The van der Waals surface area contributed by atoms with Crippen molar-refractivity contribution in [3.8, 4) is 0 Å². The van der Waals surface area contributed by atoms with E-state index in [-0.39, 0.29) is 23.9 Å². The largest absolute Gasteiger partial charge is 0.340 e. The first-order valence-corrected chi connectivity index (χ1v) is 5.15. The maximum atomic E-state index is 11.1. The van der Waals surface area contributed by atoms with Crippen LogP contribution in [0.25, 0.3) is 0 Å². The van der Waals surface area contributed by atoms with Crippen LogP contribution in [0.5, 0.6) is 0 Å². The average Bonchev–Trinajstić information content (AvgIpc) is 2.02. The second kappa shape index (κ2) is 5.68. The predicted molar refractivity (Wildman–Crippen MR) is 64.2 cm³/mol. The quantitative estimate of drug-likeness (QED) is 0.750. The topological polar surface area (TPSA) is 49.6 Å². The van der Waals surface area contributed by atoms with Crippen LogP contribution in [-0.4, -0.2) is 54.0 Å². The molecule has 1 aliphatic heterocycles. The molecule has 0 unspecified atom stereocenters. The molecular weight excluding hydrogens is 214 g/mol. The standard InChI is InChI=1S/C10H21N3O.ClH/c1-9(14)13-6-4-12(5-7-13)8-10(2,3)11;/h4-8,11H2,1-3H3;1H. The number of piperazine rings is 1. The molecule has 0 aromatic carbocycles. The minimum absolute atomic E-state index is 0. The Labute approximate surface area is 98.2 Å². The van der Waals surface area contributed by atoms with Crippen LogP contribution < -0.4 is 5.73 Å². The highest BCUT2D eigenvalue weighted by Gasteiger charge is 2.22. The molecule has 0 saturated carbocycles. The molecule has 0 aliphatic carbocycles. The lowest BCUT2D eigenvalue weighted by molar-refractivity contribution is -0.130. The number of carbonyl (C=O) groups excluding carboxylic acids is 1. The van der Waals surface area contributed by atoms with Crippen molar-refractivity contribution >= 4 is 18.3 Å². The molecule has 1 fully saturated rings. The van der Waals surface area contributed by atoms with Crippen LogP contribution in [0.1, 0.15) is 20.8 Å². The van der Waals surface area contributed by atoms with E-state index in [4.69, 9.17) is 5.73 Å². The molecule has 4 nitrogen and oxygen atoms in total. The number of rotatable bonds is 2. The summed E-state index contributed by atoms with van der Waals surface area (Å²) in [6.45, 7) is 10.2. The molecule has 90 valence electrons. The number of amides is 1. The fourth-order valence-electron chi connectivity index (χ4n) is 1.80. The molecule has 1 saturated heterocycles. The molecule has 0 aromatic rings. The van der Waals surface area contributed by atoms with Gasteiger partial charge in [0.15, 0.2) is 0 Å². The van der Waals surface area contributed by atoms with Gasteiger partial charge in [-0.2, -0.15) is 0 Å². The zero-order valence-electron chi connectivity index (χ0n) is 9.82. The number of hydrogen-bond acceptors (Lipinski definition) is 3. The van der Waals surface area contributed by atoms with E-state index >= 15 is 0 Å². The van der Waals surface area contributed by atoms with Gasteiger partial charge in [-0.15, -0.1) is 12.4 Å². The number of halogens is 1. The van der Waals surface area contributed by atoms with E-state index in [1.54, 1.807) is 6.92 Å². The Kier molecular flexibility index (Phi) is 5.56. The van der Waals surface area contributed by atoms with Gasteiger partial charge in [-0.05, 0) is 13.8 Å². The highest BCUT2D eigenvalue weighted by molar-refractivity contribution is 5.85. The molecule has 1 heterocycles. The molecule has 1 aliphatic rings. The monoisotopic (exact) mass is 235 g/mol. The van der Waals surface area contributed by atoms with E-state index < -0.39 is 0 Å².